The Hall–Kier alpha value is -2.18. The third-order valence-electron chi connectivity index (χ3n) is 2.95. The lowest BCUT2D eigenvalue weighted by molar-refractivity contribution is -0.384. The van der Waals surface area contributed by atoms with Gasteiger partial charge in [-0.1, -0.05) is 41.9 Å². The first-order chi connectivity index (χ1) is 10.0. The van der Waals surface area contributed by atoms with Gasteiger partial charge in [0.05, 0.1) is 22.6 Å². The molecule has 0 radical (unpaired) electrons. The van der Waals surface area contributed by atoms with Crippen LogP contribution in [0.3, 0.4) is 0 Å². The standard InChI is InChI=1S/C14H12ClFN2O3/c15-10-6-14(18(20)21)12(7-11(10)16)17-13(8-19)9-4-2-1-3-5-9/h1-7,13,17,19H,8H2. The maximum Gasteiger partial charge on any atom is 0.294 e. The van der Waals surface area contributed by atoms with E-state index in [1.54, 1.807) is 24.3 Å². The third kappa shape index (κ3) is 3.48. The molecule has 2 N–H and O–H groups in total. The molecule has 2 aromatic carbocycles. The molecule has 0 amide bonds. The number of hydrogen-bond acceptors (Lipinski definition) is 4. The summed E-state index contributed by atoms with van der Waals surface area (Å²) < 4.78 is 13.5. The number of benzene rings is 2. The van der Waals surface area contributed by atoms with Gasteiger partial charge in [0, 0.05) is 12.1 Å². The van der Waals surface area contributed by atoms with Crippen molar-refractivity contribution >= 4 is 23.0 Å². The topological polar surface area (TPSA) is 75.4 Å². The number of nitrogens with zero attached hydrogens (tertiary/aromatic N) is 1. The molecule has 0 aliphatic heterocycles. The predicted octanol–water partition coefficient (Wildman–Crippen LogP) is 3.53. The van der Waals surface area contributed by atoms with Crippen LogP contribution in [0.4, 0.5) is 15.8 Å². The van der Waals surface area contributed by atoms with Crippen molar-refractivity contribution in [1.29, 1.82) is 0 Å². The Morgan fingerprint density at radius 3 is 2.57 bits per heavy atom. The highest BCUT2D eigenvalue weighted by Crippen LogP contribution is 2.32. The second-order valence-corrected chi connectivity index (χ2v) is 4.74. The smallest absolute Gasteiger partial charge is 0.294 e. The summed E-state index contributed by atoms with van der Waals surface area (Å²) in [5, 5.41) is 22.9. The molecule has 0 saturated heterocycles. The Kier molecular flexibility index (Phi) is 4.72. The van der Waals surface area contributed by atoms with Crippen molar-refractivity contribution in [2.75, 3.05) is 11.9 Å². The number of nitrogens with one attached hydrogen (secondary N) is 1. The van der Waals surface area contributed by atoms with E-state index in [9.17, 15) is 19.6 Å². The maximum absolute atomic E-state index is 13.5. The van der Waals surface area contributed by atoms with Gasteiger partial charge >= 0.3 is 0 Å². The minimum Gasteiger partial charge on any atom is -0.394 e. The lowest BCUT2D eigenvalue weighted by Crippen LogP contribution is -2.15. The van der Waals surface area contributed by atoms with Crippen LogP contribution in [0, 0.1) is 15.9 Å². The van der Waals surface area contributed by atoms with E-state index in [4.69, 9.17) is 11.6 Å². The Balaban J connectivity index is 2.37. The summed E-state index contributed by atoms with van der Waals surface area (Å²) in [6.45, 7) is -0.300. The van der Waals surface area contributed by atoms with Crippen LogP contribution in [0.25, 0.3) is 0 Å². The molecule has 0 fully saturated rings. The molecule has 5 nitrogen and oxygen atoms in total. The molecule has 2 rings (SSSR count). The maximum atomic E-state index is 13.5. The number of aliphatic hydroxyl groups excluding tert-OH is 1. The van der Waals surface area contributed by atoms with Gasteiger partial charge in [-0.05, 0) is 5.56 Å². The van der Waals surface area contributed by atoms with E-state index in [1.807, 2.05) is 6.07 Å². The summed E-state index contributed by atoms with van der Waals surface area (Å²) in [5.41, 5.74) is 0.338. The number of hydrogen-bond donors (Lipinski definition) is 2. The van der Waals surface area contributed by atoms with E-state index >= 15 is 0 Å². The molecule has 0 aliphatic carbocycles. The average Bonchev–Trinajstić information content (AvgIpc) is 2.48. The van der Waals surface area contributed by atoms with E-state index in [-0.39, 0.29) is 23.0 Å². The van der Waals surface area contributed by atoms with Crippen molar-refractivity contribution < 1.29 is 14.4 Å². The zero-order chi connectivity index (χ0) is 15.4. The molecule has 0 aliphatic rings. The van der Waals surface area contributed by atoms with Crippen molar-refractivity contribution in [1.82, 2.24) is 0 Å². The molecule has 1 atom stereocenters. The minimum atomic E-state index is -0.769. The number of anilines is 1. The molecule has 0 bridgehead atoms. The summed E-state index contributed by atoms with van der Waals surface area (Å²) in [5.74, 6) is -0.769. The molecule has 0 spiro atoms. The van der Waals surface area contributed by atoms with E-state index in [1.165, 1.54) is 0 Å². The van der Waals surface area contributed by atoms with Gasteiger partial charge in [0.15, 0.2) is 0 Å². The highest BCUT2D eigenvalue weighted by molar-refractivity contribution is 6.31. The van der Waals surface area contributed by atoms with E-state index < -0.39 is 16.8 Å². The molecule has 0 saturated carbocycles. The van der Waals surface area contributed by atoms with Crippen LogP contribution in [0.2, 0.25) is 5.02 Å². The SMILES string of the molecule is O=[N+]([O-])c1cc(Cl)c(F)cc1NC(CO)c1ccccc1. The molecule has 21 heavy (non-hydrogen) atoms. The van der Waals surface area contributed by atoms with Gasteiger partial charge in [-0.15, -0.1) is 0 Å². The molecule has 0 heterocycles. The lowest BCUT2D eigenvalue weighted by Gasteiger charge is -2.18. The first kappa shape index (κ1) is 15.2. The zero-order valence-electron chi connectivity index (χ0n) is 10.8. The fraction of sp³-hybridized carbons (Fsp3) is 0.143. The quantitative estimate of drug-likeness (QED) is 0.654. The average molecular weight is 311 g/mol. The van der Waals surface area contributed by atoms with Crippen LogP contribution in [0.15, 0.2) is 42.5 Å². The summed E-state index contributed by atoms with van der Waals surface area (Å²) in [7, 11) is 0. The highest BCUT2D eigenvalue weighted by Gasteiger charge is 2.20. The van der Waals surface area contributed by atoms with Gasteiger partial charge in [-0.2, -0.15) is 0 Å². The second kappa shape index (κ2) is 6.51. The summed E-state index contributed by atoms with van der Waals surface area (Å²) >= 11 is 5.56. The first-order valence-corrected chi connectivity index (χ1v) is 6.46. The van der Waals surface area contributed by atoms with Crippen molar-refractivity contribution in [2.24, 2.45) is 0 Å². The van der Waals surface area contributed by atoms with Crippen LogP contribution in [-0.4, -0.2) is 16.6 Å². The Labute approximate surface area is 125 Å². The van der Waals surface area contributed by atoms with Gasteiger partial charge in [0.2, 0.25) is 0 Å². The molecule has 0 aromatic heterocycles. The number of nitro groups is 1. The van der Waals surface area contributed by atoms with Crippen molar-refractivity contribution in [2.45, 2.75) is 6.04 Å². The number of rotatable bonds is 5. The summed E-state index contributed by atoms with van der Waals surface area (Å²) in [6.07, 6.45) is 0. The fourth-order valence-electron chi connectivity index (χ4n) is 1.91. The van der Waals surface area contributed by atoms with Crippen LogP contribution in [0.5, 0.6) is 0 Å². The Morgan fingerprint density at radius 1 is 1.33 bits per heavy atom. The molecular weight excluding hydrogens is 299 g/mol. The zero-order valence-corrected chi connectivity index (χ0v) is 11.5. The largest absolute Gasteiger partial charge is 0.394 e. The molecule has 2 aromatic rings. The van der Waals surface area contributed by atoms with E-state index in [2.05, 4.69) is 5.32 Å². The van der Waals surface area contributed by atoms with Gasteiger partial charge < -0.3 is 10.4 Å². The van der Waals surface area contributed by atoms with E-state index in [0.29, 0.717) is 0 Å². The summed E-state index contributed by atoms with van der Waals surface area (Å²) in [6, 6.07) is 10.2. The van der Waals surface area contributed by atoms with Crippen LogP contribution >= 0.6 is 11.6 Å². The number of aliphatic hydroxyl groups is 1. The fourth-order valence-corrected chi connectivity index (χ4v) is 2.07. The van der Waals surface area contributed by atoms with Gasteiger partial charge in [-0.3, -0.25) is 10.1 Å². The molecule has 1 unspecified atom stereocenters. The number of nitro benzene ring substituents is 1. The molecule has 7 heteroatoms. The lowest BCUT2D eigenvalue weighted by atomic mass is 10.1. The highest BCUT2D eigenvalue weighted by atomic mass is 35.5. The third-order valence-corrected chi connectivity index (χ3v) is 3.24. The Bertz CT molecular complexity index is 652. The monoisotopic (exact) mass is 310 g/mol. The van der Waals surface area contributed by atoms with Gasteiger partial charge in [-0.25, -0.2) is 4.39 Å². The van der Waals surface area contributed by atoms with Crippen LogP contribution in [0.1, 0.15) is 11.6 Å². The van der Waals surface area contributed by atoms with Crippen molar-refractivity contribution in [3.05, 3.63) is 69.0 Å². The molecule has 110 valence electrons. The number of halogens is 2. The van der Waals surface area contributed by atoms with E-state index in [0.717, 1.165) is 17.7 Å². The predicted molar refractivity (Wildman–Crippen MR) is 78.0 cm³/mol. The Morgan fingerprint density at radius 2 is 2.00 bits per heavy atom. The normalized spacial score (nSPS) is 12.0. The van der Waals surface area contributed by atoms with Gasteiger partial charge in [0.25, 0.3) is 5.69 Å². The van der Waals surface area contributed by atoms with Crippen LogP contribution < -0.4 is 5.32 Å². The molecular formula is C14H12ClFN2O3. The van der Waals surface area contributed by atoms with Gasteiger partial charge in [0.1, 0.15) is 11.5 Å². The second-order valence-electron chi connectivity index (χ2n) is 4.33. The first-order valence-electron chi connectivity index (χ1n) is 6.08. The minimum absolute atomic E-state index is 0.0372. The van der Waals surface area contributed by atoms with Crippen molar-refractivity contribution in [3.8, 4) is 0 Å². The van der Waals surface area contributed by atoms with Crippen molar-refractivity contribution in [3.63, 3.8) is 0 Å². The summed E-state index contributed by atoms with van der Waals surface area (Å²) in [4.78, 5) is 10.4. The van der Waals surface area contributed by atoms with Crippen LogP contribution in [-0.2, 0) is 0 Å².